The lowest BCUT2D eigenvalue weighted by Gasteiger charge is -2.25. The van der Waals surface area contributed by atoms with E-state index in [1.54, 1.807) is 17.7 Å². The Morgan fingerprint density at radius 2 is 2.05 bits per heavy atom. The summed E-state index contributed by atoms with van der Waals surface area (Å²) >= 11 is 0. The van der Waals surface area contributed by atoms with E-state index in [0.29, 0.717) is 5.82 Å². The first kappa shape index (κ1) is 13.5. The molecule has 0 atom stereocenters. The molecular weight excluding hydrogens is 264 g/mol. The quantitative estimate of drug-likeness (QED) is 0.784. The number of nitrogens with zero attached hydrogens (tertiary/aromatic N) is 3. The van der Waals surface area contributed by atoms with Gasteiger partial charge in [-0.1, -0.05) is 13.8 Å². The number of hydrogen-bond donors (Lipinski definition) is 1. The highest BCUT2D eigenvalue weighted by Gasteiger charge is 2.26. The molecule has 0 fully saturated rings. The van der Waals surface area contributed by atoms with Crippen molar-refractivity contribution in [1.29, 1.82) is 0 Å². The van der Waals surface area contributed by atoms with Crippen LogP contribution in [0, 0.1) is 6.92 Å². The average molecular weight is 282 g/mol. The van der Waals surface area contributed by atoms with Crippen molar-refractivity contribution in [2.24, 2.45) is 7.05 Å². The molecule has 3 rings (SSSR count). The number of nitrogens with one attached hydrogen (secondary N) is 1. The SMILES string of the molecule is Cc1nc(C(C)(C)c2cnc3[nH]ccc3c2)cc(=O)n1C. The molecule has 0 amide bonds. The molecule has 1 N–H and O–H groups in total. The van der Waals surface area contributed by atoms with Crippen LogP contribution < -0.4 is 5.56 Å². The molecule has 0 saturated carbocycles. The molecule has 21 heavy (non-hydrogen) atoms. The van der Waals surface area contributed by atoms with E-state index >= 15 is 0 Å². The number of hydrogen-bond acceptors (Lipinski definition) is 3. The van der Waals surface area contributed by atoms with Gasteiger partial charge >= 0.3 is 0 Å². The van der Waals surface area contributed by atoms with E-state index in [-0.39, 0.29) is 11.0 Å². The number of aryl methyl sites for hydroxylation is 1. The van der Waals surface area contributed by atoms with Gasteiger partial charge in [-0.2, -0.15) is 0 Å². The summed E-state index contributed by atoms with van der Waals surface area (Å²) in [7, 11) is 1.73. The second kappa shape index (κ2) is 4.55. The summed E-state index contributed by atoms with van der Waals surface area (Å²) < 4.78 is 1.55. The van der Waals surface area contributed by atoms with Gasteiger partial charge in [-0.3, -0.25) is 4.79 Å². The summed E-state index contributed by atoms with van der Waals surface area (Å²) in [4.78, 5) is 24.1. The van der Waals surface area contributed by atoms with Gasteiger partial charge in [-0.05, 0) is 24.6 Å². The van der Waals surface area contributed by atoms with Crippen LogP contribution in [0.1, 0.15) is 30.9 Å². The summed E-state index contributed by atoms with van der Waals surface area (Å²) in [5.74, 6) is 0.709. The topological polar surface area (TPSA) is 63.6 Å². The van der Waals surface area contributed by atoms with Crippen molar-refractivity contribution < 1.29 is 0 Å². The van der Waals surface area contributed by atoms with Crippen molar-refractivity contribution in [3.05, 3.63) is 58.0 Å². The highest BCUT2D eigenvalue weighted by atomic mass is 16.1. The predicted octanol–water partition coefficient (Wildman–Crippen LogP) is 2.29. The number of H-pyrrole nitrogens is 1. The average Bonchev–Trinajstić information content (AvgIpc) is 2.91. The van der Waals surface area contributed by atoms with E-state index < -0.39 is 0 Å². The monoisotopic (exact) mass is 282 g/mol. The van der Waals surface area contributed by atoms with Crippen molar-refractivity contribution in [2.45, 2.75) is 26.2 Å². The highest BCUT2D eigenvalue weighted by molar-refractivity contribution is 5.76. The van der Waals surface area contributed by atoms with E-state index in [2.05, 4.69) is 34.9 Å². The predicted molar refractivity (Wildman–Crippen MR) is 82.4 cm³/mol. The summed E-state index contributed by atoms with van der Waals surface area (Å²) in [6.45, 7) is 5.96. The van der Waals surface area contributed by atoms with Crippen molar-refractivity contribution >= 4 is 11.0 Å². The molecule has 0 aliphatic rings. The maximum absolute atomic E-state index is 12.0. The summed E-state index contributed by atoms with van der Waals surface area (Å²) in [6.07, 6.45) is 3.71. The van der Waals surface area contributed by atoms with Gasteiger partial charge in [0.25, 0.3) is 5.56 Å². The lowest BCUT2D eigenvalue weighted by Crippen LogP contribution is -2.28. The minimum Gasteiger partial charge on any atom is -0.346 e. The Bertz CT molecular complexity index is 873. The van der Waals surface area contributed by atoms with Gasteiger partial charge in [0.2, 0.25) is 0 Å². The zero-order valence-electron chi connectivity index (χ0n) is 12.6. The van der Waals surface area contributed by atoms with Crippen LogP contribution in [0.3, 0.4) is 0 Å². The normalized spacial score (nSPS) is 12.0. The second-order valence-corrected chi connectivity index (χ2v) is 5.85. The standard InChI is InChI=1S/C16H18N4O/c1-10-19-13(8-14(21)20(10)4)16(2,3)12-7-11-5-6-17-15(11)18-9-12/h5-9H,1-4H3,(H,17,18). The first-order valence-corrected chi connectivity index (χ1v) is 6.88. The first-order valence-electron chi connectivity index (χ1n) is 6.88. The maximum Gasteiger partial charge on any atom is 0.253 e. The minimum absolute atomic E-state index is 0.0405. The van der Waals surface area contributed by atoms with Crippen LogP contribution in [0.5, 0.6) is 0 Å². The maximum atomic E-state index is 12.0. The zero-order chi connectivity index (χ0) is 15.2. The molecule has 3 aromatic heterocycles. The molecule has 0 aromatic carbocycles. The van der Waals surface area contributed by atoms with E-state index in [0.717, 1.165) is 22.3 Å². The van der Waals surface area contributed by atoms with Gasteiger partial charge in [-0.15, -0.1) is 0 Å². The lowest BCUT2D eigenvalue weighted by atomic mass is 9.82. The molecule has 0 spiro atoms. The number of rotatable bonds is 2. The lowest BCUT2D eigenvalue weighted by molar-refractivity contribution is 0.596. The molecule has 0 radical (unpaired) electrons. The van der Waals surface area contributed by atoms with Crippen LogP contribution >= 0.6 is 0 Å². The van der Waals surface area contributed by atoms with Crippen molar-refractivity contribution in [2.75, 3.05) is 0 Å². The van der Waals surface area contributed by atoms with Gasteiger partial charge in [0.05, 0.1) is 5.69 Å². The van der Waals surface area contributed by atoms with Crippen molar-refractivity contribution in [1.82, 2.24) is 19.5 Å². The fourth-order valence-corrected chi connectivity index (χ4v) is 2.40. The molecule has 0 bridgehead atoms. The van der Waals surface area contributed by atoms with Gasteiger partial charge in [-0.25, -0.2) is 9.97 Å². The number of aromatic amines is 1. The third-order valence-electron chi connectivity index (χ3n) is 4.12. The van der Waals surface area contributed by atoms with Gasteiger partial charge < -0.3 is 9.55 Å². The Balaban J connectivity index is 2.16. The number of pyridine rings is 1. The molecule has 108 valence electrons. The molecule has 3 heterocycles. The Labute approximate surface area is 122 Å². The Morgan fingerprint density at radius 3 is 2.76 bits per heavy atom. The summed E-state index contributed by atoms with van der Waals surface area (Å²) in [5, 5.41) is 1.06. The van der Waals surface area contributed by atoms with Gasteiger partial charge in [0.1, 0.15) is 11.5 Å². The van der Waals surface area contributed by atoms with Crippen LogP contribution in [0.25, 0.3) is 11.0 Å². The van der Waals surface area contributed by atoms with Gasteiger partial charge in [0.15, 0.2) is 0 Å². The molecule has 0 saturated heterocycles. The zero-order valence-corrected chi connectivity index (χ0v) is 12.6. The van der Waals surface area contributed by atoms with Crippen LogP contribution in [0.4, 0.5) is 0 Å². The fourth-order valence-electron chi connectivity index (χ4n) is 2.40. The molecule has 5 nitrogen and oxygen atoms in total. The van der Waals surface area contributed by atoms with Crippen LogP contribution in [-0.2, 0) is 12.5 Å². The minimum atomic E-state index is -0.378. The van der Waals surface area contributed by atoms with Crippen LogP contribution in [-0.4, -0.2) is 19.5 Å². The fraction of sp³-hybridized carbons (Fsp3) is 0.312. The second-order valence-electron chi connectivity index (χ2n) is 5.85. The first-order chi connectivity index (χ1) is 9.89. The van der Waals surface area contributed by atoms with Crippen LogP contribution in [0.15, 0.2) is 35.4 Å². The molecule has 0 unspecified atom stereocenters. The third-order valence-corrected chi connectivity index (χ3v) is 4.12. The van der Waals surface area contributed by atoms with E-state index in [4.69, 9.17) is 0 Å². The molecule has 3 aromatic rings. The molecule has 0 aliphatic carbocycles. The van der Waals surface area contributed by atoms with Gasteiger partial charge in [0, 0.05) is 36.3 Å². The third kappa shape index (κ3) is 2.14. The van der Waals surface area contributed by atoms with E-state index in [1.165, 1.54) is 0 Å². The van der Waals surface area contributed by atoms with E-state index in [1.807, 2.05) is 25.4 Å². The molecule has 5 heteroatoms. The smallest absolute Gasteiger partial charge is 0.253 e. The number of fused-ring (bicyclic) bond motifs is 1. The highest BCUT2D eigenvalue weighted by Crippen LogP contribution is 2.30. The molecular formula is C16H18N4O. The van der Waals surface area contributed by atoms with Crippen LogP contribution in [0.2, 0.25) is 0 Å². The Kier molecular flexibility index (Phi) is 2.93. The molecule has 0 aliphatic heterocycles. The number of aromatic nitrogens is 4. The Morgan fingerprint density at radius 1 is 1.29 bits per heavy atom. The van der Waals surface area contributed by atoms with E-state index in [9.17, 15) is 4.79 Å². The van der Waals surface area contributed by atoms with Crippen molar-refractivity contribution in [3.63, 3.8) is 0 Å². The summed E-state index contributed by atoms with van der Waals surface area (Å²) in [6, 6.07) is 5.69. The largest absolute Gasteiger partial charge is 0.346 e. The Hall–Kier alpha value is -2.43. The summed E-state index contributed by atoms with van der Waals surface area (Å²) in [5.41, 5.74) is 2.25. The van der Waals surface area contributed by atoms with Crippen molar-refractivity contribution in [3.8, 4) is 0 Å².